The Balaban J connectivity index is 2.11. The first kappa shape index (κ1) is 14.7. The van der Waals surface area contributed by atoms with Gasteiger partial charge in [0.25, 0.3) is 0 Å². The van der Waals surface area contributed by atoms with Gasteiger partial charge in [0.05, 0.1) is 6.04 Å². The summed E-state index contributed by atoms with van der Waals surface area (Å²) in [4.78, 5) is 4.04. The highest BCUT2D eigenvalue weighted by molar-refractivity contribution is 7.11. The smallest absolute Gasteiger partial charge is 0.271 e. The van der Waals surface area contributed by atoms with Crippen LogP contribution in [0.2, 0.25) is 0 Å². The molecule has 0 saturated heterocycles. The number of hydrogen-bond donors (Lipinski definition) is 2. The normalized spacial score (nSPS) is 26.4. The summed E-state index contributed by atoms with van der Waals surface area (Å²) in [6, 6.07) is -0.221. The molecule has 0 aliphatic heterocycles. The molecule has 19 heavy (non-hydrogen) atoms. The maximum atomic E-state index is 12.6. The zero-order chi connectivity index (χ0) is 14.0. The van der Waals surface area contributed by atoms with Crippen molar-refractivity contribution in [2.45, 2.75) is 44.8 Å². The van der Waals surface area contributed by atoms with E-state index in [2.05, 4.69) is 17.3 Å². The molecule has 1 heterocycles. The highest BCUT2D eigenvalue weighted by atomic mass is 32.1. The van der Waals surface area contributed by atoms with Crippen LogP contribution < -0.4 is 11.3 Å². The van der Waals surface area contributed by atoms with E-state index in [4.69, 9.17) is 5.84 Å². The highest BCUT2D eigenvalue weighted by Crippen LogP contribution is 2.40. The van der Waals surface area contributed by atoms with Crippen LogP contribution in [0.25, 0.3) is 0 Å². The molecule has 2 rings (SSSR count). The predicted molar refractivity (Wildman–Crippen MR) is 68.3 cm³/mol. The molecule has 0 radical (unpaired) electrons. The quantitative estimate of drug-likeness (QED) is 0.662. The fourth-order valence-electron chi connectivity index (χ4n) is 2.63. The molecule has 0 amide bonds. The van der Waals surface area contributed by atoms with Crippen LogP contribution in [0.4, 0.5) is 13.2 Å². The standard InChI is InChI=1S/C12H18F3N3S/c1-7-2-4-8(5-3-7)10(18-16)9-6-17-11(19-9)12(13,14)15/h6-8,10,18H,2-5,16H2,1H3. The van der Waals surface area contributed by atoms with E-state index < -0.39 is 11.2 Å². The van der Waals surface area contributed by atoms with Crippen molar-refractivity contribution >= 4 is 11.3 Å². The molecule has 7 heteroatoms. The topological polar surface area (TPSA) is 50.9 Å². The summed E-state index contributed by atoms with van der Waals surface area (Å²) in [5.74, 6) is 6.53. The zero-order valence-corrected chi connectivity index (χ0v) is 11.5. The van der Waals surface area contributed by atoms with E-state index >= 15 is 0 Å². The van der Waals surface area contributed by atoms with Crippen molar-refractivity contribution in [3.63, 3.8) is 0 Å². The first-order valence-corrected chi connectivity index (χ1v) is 7.22. The second kappa shape index (κ2) is 5.76. The summed E-state index contributed by atoms with van der Waals surface area (Å²) in [7, 11) is 0. The minimum Gasteiger partial charge on any atom is -0.271 e. The Morgan fingerprint density at radius 2 is 2.00 bits per heavy atom. The second-order valence-electron chi connectivity index (χ2n) is 5.23. The third-order valence-electron chi connectivity index (χ3n) is 3.78. The number of nitrogens with two attached hydrogens (primary N) is 1. The second-order valence-corrected chi connectivity index (χ2v) is 6.29. The minimum atomic E-state index is -4.37. The van der Waals surface area contributed by atoms with Gasteiger partial charge < -0.3 is 0 Å². The van der Waals surface area contributed by atoms with Crippen molar-refractivity contribution in [2.75, 3.05) is 0 Å². The molecule has 1 aromatic heterocycles. The van der Waals surface area contributed by atoms with Crippen LogP contribution in [0, 0.1) is 11.8 Å². The number of hydrazine groups is 1. The van der Waals surface area contributed by atoms with Crippen LogP contribution >= 0.6 is 11.3 Å². The van der Waals surface area contributed by atoms with E-state index in [1.54, 1.807) is 0 Å². The Hall–Kier alpha value is -0.660. The zero-order valence-electron chi connectivity index (χ0n) is 10.7. The lowest BCUT2D eigenvalue weighted by Gasteiger charge is -2.31. The maximum Gasteiger partial charge on any atom is 0.443 e. The number of thiazole rings is 1. The van der Waals surface area contributed by atoms with E-state index in [9.17, 15) is 13.2 Å². The van der Waals surface area contributed by atoms with Gasteiger partial charge in [0.15, 0.2) is 5.01 Å². The van der Waals surface area contributed by atoms with Gasteiger partial charge in [-0.25, -0.2) is 4.98 Å². The summed E-state index contributed by atoms with van der Waals surface area (Å²) in [5, 5.41) is -0.799. The van der Waals surface area contributed by atoms with Crippen LogP contribution in [-0.4, -0.2) is 4.98 Å². The van der Waals surface area contributed by atoms with Gasteiger partial charge in [0, 0.05) is 11.1 Å². The van der Waals surface area contributed by atoms with Crippen LogP contribution in [-0.2, 0) is 6.18 Å². The van der Waals surface area contributed by atoms with Crippen molar-refractivity contribution in [3.05, 3.63) is 16.1 Å². The van der Waals surface area contributed by atoms with Gasteiger partial charge in [-0.15, -0.1) is 11.3 Å². The van der Waals surface area contributed by atoms with Gasteiger partial charge in [-0.2, -0.15) is 13.2 Å². The lowest BCUT2D eigenvalue weighted by Crippen LogP contribution is -2.34. The highest BCUT2D eigenvalue weighted by Gasteiger charge is 2.36. The molecule has 1 aliphatic carbocycles. The van der Waals surface area contributed by atoms with Crippen molar-refractivity contribution in [1.29, 1.82) is 0 Å². The molecule has 3 nitrogen and oxygen atoms in total. The fraction of sp³-hybridized carbons (Fsp3) is 0.750. The Bertz CT molecular complexity index is 411. The lowest BCUT2D eigenvalue weighted by molar-refractivity contribution is -0.137. The van der Waals surface area contributed by atoms with E-state index in [1.807, 2.05) is 0 Å². The van der Waals surface area contributed by atoms with Gasteiger partial charge in [0.1, 0.15) is 0 Å². The maximum absolute atomic E-state index is 12.6. The largest absolute Gasteiger partial charge is 0.443 e. The Kier molecular flexibility index (Phi) is 4.47. The van der Waals surface area contributed by atoms with Gasteiger partial charge in [-0.3, -0.25) is 11.3 Å². The minimum absolute atomic E-state index is 0.221. The number of nitrogens with one attached hydrogen (secondary N) is 1. The molecule has 0 spiro atoms. The molecule has 1 aromatic rings. The molecule has 0 aromatic carbocycles. The predicted octanol–water partition coefficient (Wildman–Crippen LogP) is 3.49. The Labute approximate surface area is 114 Å². The van der Waals surface area contributed by atoms with Gasteiger partial charge in [0.2, 0.25) is 0 Å². The average Bonchev–Trinajstić information content (AvgIpc) is 2.82. The van der Waals surface area contributed by atoms with E-state index in [0.717, 1.165) is 25.7 Å². The van der Waals surface area contributed by atoms with Gasteiger partial charge in [-0.05, 0) is 24.7 Å². The number of hydrogen-bond acceptors (Lipinski definition) is 4. The fourth-order valence-corrected chi connectivity index (χ4v) is 3.57. The molecule has 1 atom stereocenters. The first-order chi connectivity index (χ1) is 8.91. The summed E-state index contributed by atoms with van der Waals surface area (Å²) < 4.78 is 37.7. The van der Waals surface area contributed by atoms with Gasteiger partial charge >= 0.3 is 6.18 Å². The number of halogens is 3. The number of rotatable bonds is 3. The molecular weight excluding hydrogens is 275 g/mol. The molecule has 0 bridgehead atoms. The van der Waals surface area contributed by atoms with Crippen molar-refractivity contribution < 1.29 is 13.2 Å². The van der Waals surface area contributed by atoms with Crippen molar-refractivity contribution in [2.24, 2.45) is 17.7 Å². The SMILES string of the molecule is CC1CCC(C(NN)c2cnc(C(F)(F)F)s2)CC1. The van der Waals surface area contributed by atoms with Crippen LogP contribution in [0.1, 0.15) is 48.5 Å². The molecular formula is C12H18F3N3S. The number of alkyl halides is 3. The van der Waals surface area contributed by atoms with E-state index in [0.29, 0.717) is 28.0 Å². The lowest BCUT2D eigenvalue weighted by atomic mass is 9.79. The number of aromatic nitrogens is 1. The third-order valence-corrected chi connectivity index (χ3v) is 4.91. The van der Waals surface area contributed by atoms with Crippen LogP contribution in [0.5, 0.6) is 0 Å². The van der Waals surface area contributed by atoms with Crippen molar-refractivity contribution in [1.82, 2.24) is 10.4 Å². The molecule has 1 aliphatic rings. The first-order valence-electron chi connectivity index (χ1n) is 6.41. The van der Waals surface area contributed by atoms with E-state index in [-0.39, 0.29) is 6.04 Å². The van der Waals surface area contributed by atoms with Crippen molar-refractivity contribution in [3.8, 4) is 0 Å². The Morgan fingerprint density at radius 1 is 1.37 bits per heavy atom. The summed E-state index contributed by atoms with van der Waals surface area (Å²) in [6.07, 6.45) is 1.13. The van der Waals surface area contributed by atoms with Crippen LogP contribution in [0.15, 0.2) is 6.20 Å². The molecule has 1 unspecified atom stereocenters. The van der Waals surface area contributed by atoms with Gasteiger partial charge in [-0.1, -0.05) is 19.8 Å². The van der Waals surface area contributed by atoms with Crippen LogP contribution in [0.3, 0.4) is 0 Å². The summed E-state index contributed by atoms with van der Waals surface area (Å²) in [5.41, 5.74) is 2.67. The molecule has 3 N–H and O–H groups in total. The molecule has 108 valence electrons. The molecule has 1 fully saturated rings. The number of nitrogens with zero attached hydrogens (tertiary/aromatic N) is 1. The third kappa shape index (κ3) is 3.46. The average molecular weight is 293 g/mol. The van der Waals surface area contributed by atoms with E-state index in [1.165, 1.54) is 6.20 Å². The monoisotopic (exact) mass is 293 g/mol. The summed E-state index contributed by atoms with van der Waals surface area (Å²) in [6.45, 7) is 2.20. The molecule has 1 saturated carbocycles. The Morgan fingerprint density at radius 3 is 2.47 bits per heavy atom. The summed E-state index contributed by atoms with van der Waals surface area (Å²) >= 11 is 0.688.